The Kier molecular flexibility index (Phi) is 5.97. The van der Waals surface area contributed by atoms with Gasteiger partial charge in [-0.1, -0.05) is 12.1 Å². The normalized spacial score (nSPS) is 24.8. The Hall–Kier alpha value is -1.92. The minimum absolute atomic E-state index is 0.167. The van der Waals surface area contributed by atoms with Crippen molar-refractivity contribution >= 4 is 11.9 Å². The summed E-state index contributed by atoms with van der Waals surface area (Å²) in [5, 5.41) is 12.2. The molecule has 1 amide bonds. The summed E-state index contributed by atoms with van der Waals surface area (Å²) in [6.07, 6.45) is 6.74. The molecule has 1 aliphatic carbocycles. The van der Waals surface area contributed by atoms with Gasteiger partial charge in [-0.05, 0) is 75.9 Å². The van der Waals surface area contributed by atoms with Crippen molar-refractivity contribution in [3.8, 4) is 0 Å². The van der Waals surface area contributed by atoms with Crippen molar-refractivity contribution in [3.63, 3.8) is 0 Å². The van der Waals surface area contributed by atoms with Gasteiger partial charge in [0, 0.05) is 25.2 Å². The minimum Gasteiger partial charge on any atom is -0.478 e. The Labute approximate surface area is 166 Å². The number of piperidine rings is 2. The zero-order valence-corrected chi connectivity index (χ0v) is 16.5. The Morgan fingerprint density at radius 1 is 1.00 bits per heavy atom. The van der Waals surface area contributed by atoms with Crippen LogP contribution in [0.5, 0.6) is 0 Å². The van der Waals surface area contributed by atoms with Crippen LogP contribution in [0.1, 0.15) is 54.4 Å². The van der Waals surface area contributed by atoms with Crippen LogP contribution in [0.4, 0.5) is 0 Å². The second-order valence-electron chi connectivity index (χ2n) is 8.63. The standard InChI is InChI=1S/C22H31N3O3/c26-21(23-19-7-8-19)18-2-1-11-25(15-18)20-9-12-24(13-10-20)14-16-3-5-17(6-4-16)22(27)28/h3-6,18-20H,1-2,7-15H2,(H,23,26)(H,27,28). The van der Waals surface area contributed by atoms with E-state index in [0.29, 0.717) is 17.6 Å². The number of aromatic carboxylic acids is 1. The highest BCUT2D eigenvalue weighted by molar-refractivity contribution is 5.87. The summed E-state index contributed by atoms with van der Waals surface area (Å²) in [4.78, 5) is 28.4. The van der Waals surface area contributed by atoms with Crippen molar-refractivity contribution in [1.29, 1.82) is 0 Å². The van der Waals surface area contributed by atoms with Gasteiger partial charge in [0.2, 0.25) is 5.91 Å². The molecule has 0 bridgehead atoms. The van der Waals surface area contributed by atoms with E-state index in [0.717, 1.165) is 71.2 Å². The zero-order valence-electron chi connectivity index (χ0n) is 16.5. The molecular formula is C22H31N3O3. The van der Waals surface area contributed by atoms with E-state index in [-0.39, 0.29) is 11.8 Å². The van der Waals surface area contributed by atoms with Crippen LogP contribution in [0, 0.1) is 5.92 Å². The molecular weight excluding hydrogens is 354 g/mol. The quantitative estimate of drug-likeness (QED) is 0.786. The van der Waals surface area contributed by atoms with E-state index in [2.05, 4.69) is 15.1 Å². The van der Waals surface area contributed by atoms with Crippen LogP contribution >= 0.6 is 0 Å². The number of hydrogen-bond donors (Lipinski definition) is 2. The summed E-state index contributed by atoms with van der Waals surface area (Å²) in [5.74, 6) is -0.437. The van der Waals surface area contributed by atoms with Gasteiger partial charge in [0.1, 0.15) is 0 Å². The van der Waals surface area contributed by atoms with Gasteiger partial charge in [0.05, 0.1) is 11.5 Å². The molecule has 1 aromatic rings. The van der Waals surface area contributed by atoms with Gasteiger partial charge in [-0.15, -0.1) is 0 Å². The van der Waals surface area contributed by atoms with Crippen molar-refractivity contribution in [2.45, 2.75) is 57.2 Å². The van der Waals surface area contributed by atoms with E-state index in [1.165, 1.54) is 5.56 Å². The van der Waals surface area contributed by atoms with Crippen LogP contribution in [-0.2, 0) is 11.3 Å². The Bertz CT molecular complexity index is 693. The van der Waals surface area contributed by atoms with E-state index in [9.17, 15) is 9.59 Å². The fraction of sp³-hybridized carbons (Fsp3) is 0.636. The molecule has 152 valence electrons. The van der Waals surface area contributed by atoms with Crippen LogP contribution in [0.15, 0.2) is 24.3 Å². The van der Waals surface area contributed by atoms with Crippen molar-refractivity contribution in [1.82, 2.24) is 15.1 Å². The fourth-order valence-corrected chi connectivity index (χ4v) is 4.55. The number of carboxylic acids is 1. The molecule has 3 aliphatic rings. The van der Waals surface area contributed by atoms with Gasteiger partial charge in [-0.25, -0.2) is 4.79 Å². The average molecular weight is 386 g/mol. The molecule has 3 fully saturated rings. The van der Waals surface area contributed by atoms with Gasteiger partial charge in [0.15, 0.2) is 0 Å². The van der Waals surface area contributed by atoms with Crippen molar-refractivity contribution in [2.24, 2.45) is 5.92 Å². The number of rotatable bonds is 6. The van der Waals surface area contributed by atoms with Gasteiger partial charge in [-0.3, -0.25) is 14.6 Å². The van der Waals surface area contributed by atoms with Crippen molar-refractivity contribution in [3.05, 3.63) is 35.4 Å². The molecule has 1 aromatic carbocycles. The summed E-state index contributed by atoms with van der Waals surface area (Å²) in [5.41, 5.74) is 1.51. The summed E-state index contributed by atoms with van der Waals surface area (Å²) < 4.78 is 0. The molecule has 0 radical (unpaired) electrons. The predicted octanol–water partition coefficient (Wildman–Crippen LogP) is 2.34. The number of nitrogens with zero attached hydrogens (tertiary/aromatic N) is 2. The number of likely N-dealkylation sites (tertiary alicyclic amines) is 2. The van der Waals surface area contributed by atoms with Crippen LogP contribution in [0.3, 0.4) is 0 Å². The Balaban J connectivity index is 1.24. The van der Waals surface area contributed by atoms with E-state index < -0.39 is 5.97 Å². The monoisotopic (exact) mass is 385 g/mol. The van der Waals surface area contributed by atoms with Gasteiger partial charge < -0.3 is 10.4 Å². The molecule has 28 heavy (non-hydrogen) atoms. The lowest BCUT2D eigenvalue weighted by Crippen LogP contribution is -2.50. The zero-order chi connectivity index (χ0) is 19.5. The lowest BCUT2D eigenvalue weighted by atomic mass is 9.93. The van der Waals surface area contributed by atoms with E-state index in [1.807, 2.05) is 12.1 Å². The summed E-state index contributed by atoms with van der Waals surface area (Å²) in [6, 6.07) is 8.25. The maximum atomic E-state index is 12.4. The topological polar surface area (TPSA) is 72.9 Å². The Morgan fingerprint density at radius 3 is 2.36 bits per heavy atom. The number of nitrogens with one attached hydrogen (secondary N) is 1. The molecule has 0 aromatic heterocycles. The summed E-state index contributed by atoms with van der Waals surface area (Å²) in [6.45, 7) is 5.02. The third kappa shape index (κ3) is 4.92. The van der Waals surface area contributed by atoms with Crippen LogP contribution in [0.25, 0.3) is 0 Å². The van der Waals surface area contributed by atoms with Crippen LogP contribution in [0.2, 0.25) is 0 Å². The number of carboxylic acid groups (broad SMARTS) is 1. The highest BCUT2D eigenvalue weighted by Crippen LogP contribution is 2.26. The molecule has 6 nitrogen and oxygen atoms in total. The first kappa shape index (κ1) is 19.4. The van der Waals surface area contributed by atoms with Gasteiger partial charge >= 0.3 is 5.97 Å². The molecule has 6 heteroatoms. The average Bonchev–Trinajstić information content (AvgIpc) is 3.53. The number of carbonyl (C=O) groups is 2. The second kappa shape index (κ2) is 8.62. The first-order valence-corrected chi connectivity index (χ1v) is 10.7. The Morgan fingerprint density at radius 2 is 1.71 bits per heavy atom. The summed E-state index contributed by atoms with van der Waals surface area (Å²) in [7, 11) is 0. The maximum Gasteiger partial charge on any atom is 0.335 e. The molecule has 0 spiro atoms. The van der Waals surface area contributed by atoms with Crippen molar-refractivity contribution in [2.75, 3.05) is 26.2 Å². The van der Waals surface area contributed by atoms with E-state index in [4.69, 9.17) is 5.11 Å². The van der Waals surface area contributed by atoms with E-state index >= 15 is 0 Å². The van der Waals surface area contributed by atoms with Gasteiger partial charge in [0.25, 0.3) is 0 Å². The lowest BCUT2D eigenvalue weighted by Gasteiger charge is -2.42. The molecule has 2 heterocycles. The molecule has 2 aliphatic heterocycles. The van der Waals surface area contributed by atoms with E-state index in [1.54, 1.807) is 12.1 Å². The number of amides is 1. The number of benzene rings is 1. The molecule has 4 rings (SSSR count). The lowest BCUT2D eigenvalue weighted by molar-refractivity contribution is -0.127. The number of hydrogen-bond acceptors (Lipinski definition) is 4. The highest BCUT2D eigenvalue weighted by atomic mass is 16.4. The first-order chi connectivity index (χ1) is 13.6. The SMILES string of the molecule is O=C(O)c1ccc(CN2CCC(N3CCCC(C(=O)NC4CC4)C3)CC2)cc1. The maximum absolute atomic E-state index is 12.4. The first-order valence-electron chi connectivity index (χ1n) is 10.7. The summed E-state index contributed by atoms with van der Waals surface area (Å²) >= 11 is 0. The predicted molar refractivity (Wildman–Crippen MR) is 107 cm³/mol. The van der Waals surface area contributed by atoms with Crippen LogP contribution in [-0.4, -0.2) is 65.0 Å². The van der Waals surface area contributed by atoms with Crippen molar-refractivity contribution < 1.29 is 14.7 Å². The van der Waals surface area contributed by atoms with Crippen LogP contribution < -0.4 is 5.32 Å². The molecule has 1 atom stereocenters. The molecule has 2 saturated heterocycles. The smallest absolute Gasteiger partial charge is 0.335 e. The second-order valence-corrected chi connectivity index (χ2v) is 8.63. The fourth-order valence-electron chi connectivity index (χ4n) is 4.55. The largest absolute Gasteiger partial charge is 0.478 e. The number of carbonyl (C=O) groups excluding carboxylic acids is 1. The molecule has 1 unspecified atom stereocenters. The van der Waals surface area contributed by atoms with Gasteiger partial charge in [-0.2, -0.15) is 0 Å². The molecule has 2 N–H and O–H groups in total. The third-order valence-corrected chi connectivity index (χ3v) is 6.43. The third-order valence-electron chi connectivity index (χ3n) is 6.43. The highest BCUT2D eigenvalue weighted by Gasteiger charge is 2.33. The molecule has 1 saturated carbocycles. The minimum atomic E-state index is -0.877.